The van der Waals surface area contributed by atoms with Gasteiger partial charge in [0.05, 0.1) is 0 Å². The van der Waals surface area contributed by atoms with Crippen LogP contribution in [0, 0.1) is 0 Å². The Morgan fingerprint density at radius 3 is 3.07 bits per heavy atom. The summed E-state index contributed by atoms with van der Waals surface area (Å²) in [6.07, 6.45) is 9.16. The average Bonchev–Trinajstić information content (AvgIpc) is 2.58. The lowest BCUT2D eigenvalue weighted by molar-refractivity contribution is 0.574. The first-order chi connectivity index (χ1) is 6.86. The summed E-state index contributed by atoms with van der Waals surface area (Å²) in [6.45, 7) is 5.64. The van der Waals surface area contributed by atoms with Gasteiger partial charge in [0.2, 0.25) is 0 Å². The minimum absolute atomic E-state index is 0.862. The van der Waals surface area contributed by atoms with Crippen molar-refractivity contribution in [2.24, 2.45) is 0 Å². The van der Waals surface area contributed by atoms with Crippen LogP contribution in [-0.4, -0.2) is 4.98 Å². The summed E-state index contributed by atoms with van der Waals surface area (Å²) >= 11 is 0. The molecular weight excluding hydrogens is 174 g/mol. The van der Waals surface area contributed by atoms with E-state index in [1.54, 1.807) is 18.5 Å². The number of aromatic nitrogens is 1. The minimum Gasteiger partial charge on any atom is -0.456 e. The van der Waals surface area contributed by atoms with Gasteiger partial charge in [0.25, 0.3) is 0 Å². The van der Waals surface area contributed by atoms with Gasteiger partial charge in [-0.3, -0.25) is 4.98 Å². The number of rotatable bonds is 1. The van der Waals surface area contributed by atoms with Crippen molar-refractivity contribution in [2.45, 2.75) is 6.92 Å². The zero-order valence-corrected chi connectivity index (χ0v) is 8.03. The van der Waals surface area contributed by atoms with Gasteiger partial charge in [-0.1, -0.05) is 18.7 Å². The Morgan fingerprint density at radius 2 is 2.36 bits per heavy atom. The quantitative estimate of drug-likeness (QED) is 0.674. The number of hydrogen-bond acceptors (Lipinski definition) is 2. The van der Waals surface area contributed by atoms with Crippen molar-refractivity contribution >= 4 is 23.1 Å². The molecule has 2 rings (SSSR count). The fourth-order valence-electron chi connectivity index (χ4n) is 1.48. The van der Waals surface area contributed by atoms with E-state index in [4.69, 9.17) is 4.42 Å². The third kappa shape index (κ3) is 1.25. The Morgan fingerprint density at radius 1 is 1.50 bits per heavy atom. The Bertz CT molecular complexity index is 578. The monoisotopic (exact) mass is 185 g/mol. The molecule has 2 nitrogen and oxygen atoms in total. The van der Waals surface area contributed by atoms with Crippen LogP contribution in [0.5, 0.6) is 0 Å². The van der Waals surface area contributed by atoms with E-state index >= 15 is 0 Å². The molecule has 2 heterocycles. The number of furan rings is 1. The molecule has 2 aromatic rings. The van der Waals surface area contributed by atoms with E-state index in [0.717, 1.165) is 21.6 Å². The molecule has 0 aromatic carbocycles. The smallest absolute Gasteiger partial charge is 0.138 e. The number of allylic oxidation sites excluding steroid dienone is 1. The third-order valence-electron chi connectivity index (χ3n) is 2.10. The fourth-order valence-corrected chi connectivity index (χ4v) is 1.48. The van der Waals surface area contributed by atoms with Crippen LogP contribution >= 0.6 is 0 Å². The Hall–Kier alpha value is -1.83. The van der Waals surface area contributed by atoms with Gasteiger partial charge >= 0.3 is 0 Å². The summed E-state index contributed by atoms with van der Waals surface area (Å²) in [4.78, 5) is 4.08. The fraction of sp³-hybridized carbons (Fsp3) is 0.0833. The van der Waals surface area contributed by atoms with Crippen molar-refractivity contribution in [1.29, 1.82) is 0 Å². The predicted octanol–water partition coefficient (Wildman–Crippen LogP) is 1.59. The first-order valence-electron chi connectivity index (χ1n) is 4.48. The van der Waals surface area contributed by atoms with Crippen molar-refractivity contribution in [3.8, 4) is 0 Å². The topological polar surface area (TPSA) is 26.0 Å². The molecular formula is C12H11NO. The number of hydrogen-bond donors (Lipinski definition) is 0. The van der Waals surface area contributed by atoms with Crippen LogP contribution in [0.3, 0.4) is 0 Å². The van der Waals surface area contributed by atoms with Crippen LogP contribution in [0.15, 0.2) is 35.5 Å². The second-order valence-electron chi connectivity index (χ2n) is 2.94. The van der Waals surface area contributed by atoms with Crippen LogP contribution in [0.25, 0.3) is 23.1 Å². The summed E-state index contributed by atoms with van der Waals surface area (Å²) in [5, 5.41) is 2.08. The Balaban J connectivity index is 3.04. The molecule has 2 aromatic heterocycles. The highest BCUT2D eigenvalue weighted by molar-refractivity contribution is 5.78. The summed E-state index contributed by atoms with van der Waals surface area (Å²) in [5.41, 5.74) is 1.73. The van der Waals surface area contributed by atoms with Crippen LogP contribution in [0.2, 0.25) is 0 Å². The summed E-state index contributed by atoms with van der Waals surface area (Å²) in [7, 11) is 0. The molecule has 0 N–H and O–H groups in total. The maximum absolute atomic E-state index is 5.63. The Labute approximate surface area is 81.9 Å². The zero-order valence-electron chi connectivity index (χ0n) is 8.03. The van der Waals surface area contributed by atoms with Gasteiger partial charge in [-0.25, -0.2) is 0 Å². The van der Waals surface area contributed by atoms with Crippen molar-refractivity contribution in [2.75, 3.05) is 0 Å². The second-order valence-corrected chi connectivity index (χ2v) is 2.94. The molecule has 0 spiro atoms. The molecule has 0 amide bonds. The molecule has 0 aliphatic heterocycles. The maximum Gasteiger partial charge on any atom is 0.138 e. The molecule has 2 heteroatoms. The van der Waals surface area contributed by atoms with E-state index in [1.165, 1.54) is 0 Å². The number of fused-ring (bicyclic) bond motifs is 1. The van der Waals surface area contributed by atoms with Crippen molar-refractivity contribution in [1.82, 2.24) is 4.98 Å². The highest BCUT2D eigenvalue weighted by atomic mass is 16.3. The SMILES string of the molecule is C=C/C=c1\c(=C/C)oc2ccncc12. The summed E-state index contributed by atoms with van der Waals surface area (Å²) < 4.78 is 5.63. The van der Waals surface area contributed by atoms with Gasteiger partial charge in [-0.15, -0.1) is 0 Å². The lowest BCUT2D eigenvalue weighted by atomic mass is 10.2. The van der Waals surface area contributed by atoms with Gasteiger partial charge in [-0.2, -0.15) is 0 Å². The van der Waals surface area contributed by atoms with Crippen LogP contribution in [-0.2, 0) is 0 Å². The summed E-state index contributed by atoms with van der Waals surface area (Å²) in [5.74, 6) is 0. The molecule has 0 aliphatic rings. The van der Waals surface area contributed by atoms with E-state index in [2.05, 4.69) is 11.6 Å². The van der Waals surface area contributed by atoms with Crippen LogP contribution in [0.1, 0.15) is 6.92 Å². The van der Waals surface area contributed by atoms with Gasteiger partial charge in [0.15, 0.2) is 0 Å². The van der Waals surface area contributed by atoms with Gasteiger partial charge in [0, 0.05) is 23.0 Å². The molecule has 0 aliphatic carbocycles. The second kappa shape index (κ2) is 3.50. The van der Waals surface area contributed by atoms with E-state index in [-0.39, 0.29) is 0 Å². The molecule has 0 saturated carbocycles. The van der Waals surface area contributed by atoms with E-state index in [1.807, 2.05) is 25.1 Å². The van der Waals surface area contributed by atoms with Crippen LogP contribution < -0.4 is 10.6 Å². The van der Waals surface area contributed by atoms with Crippen LogP contribution in [0.4, 0.5) is 0 Å². The standard InChI is InChI=1S/C12H11NO/c1-3-5-9-10-8-13-7-6-12(10)14-11(9)4-2/h3-8H,1H2,2H3/b9-5-,11-4+. The summed E-state index contributed by atoms with van der Waals surface area (Å²) in [6, 6.07) is 1.86. The van der Waals surface area contributed by atoms with Gasteiger partial charge < -0.3 is 4.42 Å². The first-order valence-corrected chi connectivity index (χ1v) is 4.48. The first kappa shape index (κ1) is 8.75. The van der Waals surface area contributed by atoms with E-state index in [9.17, 15) is 0 Å². The Kier molecular flexibility index (Phi) is 2.19. The normalized spacial score (nSPS) is 13.8. The molecule has 0 radical (unpaired) electrons. The zero-order chi connectivity index (χ0) is 9.97. The number of nitrogens with zero attached hydrogens (tertiary/aromatic N) is 1. The number of pyridine rings is 1. The average molecular weight is 185 g/mol. The lowest BCUT2D eigenvalue weighted by Crippen LogP contribution is -2.18. The lowest BCUT2D eigenvalue weighted by Gasteiger charge is -1.82. The van der Waals surface area contributed by atoms with Gasteiger partial charge in [0.1, 0.15) is 11.0 Å². The van der Waals surface area contributed by atoms with E-state index < -0.39 is 0 Å². The third-order valence-corrected chi connectivity index (χ3v) is 2.10. The largest absolute Gasteiger partial charge is 0.456 e. The van der Waals surface area contributed by atoms with Crippen molar-refractivity contribution in [3.05, 3.63) is 41.7 Å². The molecule has 0 fully saturated rings. The highest BCUT2D eigenvalue weighted by Crippen LogP contribution is 2.04. The minimum atomic E-state index is 0.862. The molecule has 0 atom stereocenters. The molecule has 0 saturated heterocycles. The van der Waals surface area contributed by atoms with Crippen molar-refractivity contribution in [3.63, 3.8) is 0 Å². The highest BCUT2D eigenvalue weighted by Gasteiger charge is 2.00. The van der Waals surface area contributed by atoms with Crippen molar-refractivity contribution < 1.29 is 4.42 Å². The molecule has 0 unspecified atom stereocenters. The predicted molar refractivity (Wildman–Crippen MR) is 58.1 cm³/mol. The molecule has 0 bridgehead atoms. The van der Waals surface area contributed by atoms with E-state index in [0.29, 0.717) is 0 Å². The molecule has 70 valence electrons. The van der Waals surface area contributed by atoms with Gasteiger partial charge in [-0.05, 0) is 19.1 Å². The maximum atomic E-state index is 5.63. The molecule has 14 heavy (non-hydrogen) atoms.